The van der Waals surface area contributed by atoms with Gasteiger partial charge in [0.15, 0.2) is 5.95 Å². The summed E-state index contributed by atoms with van der Waals surface area (Å²) in [4.78, 5) is 17.1. The summed E-state index contributed by atoms with van der Waals surface area (Å²) in [6.45, 7) is 1.72. The molecule has 9 heteroatoms. The summed E-state index contributed by atoms with van der Waals surface area (Å²) < 4.78 is 11.3. The number of anilines is 1. The van der Waals surface area contributed by atoms with Crippen LogP contribution in [-0.4, -0.2) is 28.5 Å². The summed E-state index contributed by atoms with van der Waals surface area (Å²) >= 11 is 1.08. The Kier molecular flexibility index (Phi) is 5.53. The molecule has 0 spiro atoms. The van der Waals surface area contributed by atoms with Gasteiger partial charge in [0.25, 0.3) is 5.03 Å². The first kappa shape index (κ1) is 19.7. The molecule has 1 unspecified atom stereocenters. The maximum atomic E-state index is 12.8. The topological polar surface area (TPSA) is 104 Å². The Morgan fingerprint density at radius 2 is 2.00 bits per heavy atom. The van der Waals surface area contributed by atoms with Gasteiger partial charge in [0.05, 0.1) is 28.8 Å². The summed E-state index contributed by atoms with van der Waals surface area (Å²) in [5.74, 6) is -0.181. The van der Waals surface area contributed by atoms with Crippen molar-refractivity contribution in [2.45, 2.75) is 17.2 Å². The van der Waals surface area contributed by atoms with Crippen LogP contribution in [0, 0.1) is 0 Å². The van der Waals surface area contributed by atoms with Gasteiger partial charge in [0.1, 0.15) is 5.75 Å². The maximum absolute atomic E-state index is 12.8. The molecular formula is C21H18N4O4S. The van der Waals surface area contributed by atoms with Gasteiger partial charge in [0.2, 0.25) is 11.6 Å². The van der Waals surface area contributed by atoms with Gasteiger partial charge in [-0.15, -0.1) is 0 Å². The number of fused-ring (bicyclic) bond motifs is 1. The normalized spacial score (nSPS) is 11.9. The lowest BCUT2D eigenvalue weighted by Gasteiger charge is -2.12. The average Bonchev–Trinajstić information content (AvgIpc) is 3.14. The molecule has 0 saturated carbocycles. The molecule has 4 rings (SSSR count). The van der Waals surface area contributed by atoms with E-state index < -0.39 is 11.2 Å². The molecule has 0 fully saturated rings. The van der Waals surface area contributed by atoms with Crippen molar-refractivity contribution >= 4 is 34.3 Å². The minimum Gasteiger partial charge on any atom is -0.538 e. The highest BCUT2D eigenvalue weighted by atomic mass is 32.2. The van der Waals surface area contributed by atoms with Crippen molar-refractivity contribution in [3.05, 3.63) is 60.8 Å². The van der Waals surface area contributed by atoms with Crippen LogP contribution < -0.4 is 19.8 Å². The summed E-state index contributed by atoms with van der Waals surface area (Å²) in [5, 5.41) is 19.4. The minimum absolute atomic E-state index is 0.211. The molecule has 30 heavy (non-hydrogen) atoms. The van der Waals surface area contributed by atoms with Gasteiger partial charge in [-0.05, 0) is 59.8 Å². The molecular weight excluding hydrogens is 404 g/mol. The lowest BCUT2D eigenvalue weighted by atomic mass is 10.2. The highest BCUT2D eigenvalue weighted by molar-refractivity contribution is 8.00. The molecule has 0 radical (unpaired) electrons. The van der Waals surface area contributed by atoms with Crippen molar-refractivity contribution in [2.75, 3.05) is 12.4 Å². The molecule has 2 heterocycles. The zero-order valence-corrected chi connectivity index (χ0v) is 17.1. The van der Waals surface area contributed by atoms with E-state index in [1.165, 1.54) is 4.68 Å². The van der Waals surface area contributed by atoms with Crippen molar-refractivity contribution in [3.8, 4) is 17.4 Å². The Morgan fingerprint density at radius 1 is 1.20 bits per heavy atom. The molecule has 4 aromatic rings. The molecule has 1 N–H and O–H groups in total. The molecule has 0 aliphatic carbocycles. The second-order valence-corrected chi connectivity index (χ2v) is 7.73. The van der Waals surface area contributed by atoms with Crippen LogP contribution >= 0.6 is 11.8 Å². The molecule has 2 aromatic carbocycles. The first-order valence-electron chi connectivity index (χ1n) is 9.11. The largest absolute Gasteiger partial charge is 0.538 e. The summed E-state index contributed by atoms with van der Waals surface area (Å²) in [6.07, 6.45) is 1.70. The van der Waals surface area contributed by atoms with Crippen molar-refractivity contribution in [2.24, 2.45) is 0 Å². The maximum Gasteiger partial charge on any atom is 0.298 e. The molecule has 1 amide bonds. The van der Waals surface area contributed by atoms with Crippen LogP contribution in [0.1, 0.15) is 6.92 Å². The monoisotopic (exact) mass is 422 g/mol. The lowest BCUT2D eigenvalue weighted by Crippen LogP contribution is -2.36. The smallest absolute Gasteiger partial charge is 0.298 e. The van der Waals surface area contributed by atoms with E-state index in [4.69, 9.17) is 9.26 Å². The van der Waals surface area contributed by atoms with E-state index in [0.29, 0.717) is 17.1 Å². The van der Waals surface area contributed by atoms with E-state index in [1.807, 2.05) is 30.3 Å². The zero-order chi connectivity index (χ0) is 21.1. The van der Waals surface area contributed by atoms with Crippen LogP contribution in [-0.2, 0) is 4.79 Å². The van der Waals surface area contributed by atoms with Crippen molar-refractivity contribution in [1.29, 1.82) is 0 Å². The van der Waals surface area contributed by atoms with E-state index in [-0.39, 0.29) is 10.9 Å². The second-order valence-electron chi connectivity index (χ2n) is 6.40. The molecule has 8 nitrogen and oxygen atoms in total. The minimum atomic E-state index is -0.607. The highest BCUT2D eigenvalue weighted by Crippen LogP contribution is 2.29. The van der Waals surface area contributed by atoms with E-state index in [0.717, 1.165) is 22.7 Å². The molecule has 0 saturated heterocycles. The molecule has 2 aromatic heterocycles. The zero-order valence-electron chi connectivity index (χ0n) is 16.2. The Morgan fingerprint density at radius 3 is 2.77 bits per heavy atom. The predicted octanol–water partition coefficient (Wildman–Crippen LogP) is 2.70. The van der Waals surface area contributed by atoms with Gasteiger partial charge in [-0.1, -0.05) is 6.07 Å². The quantitative estimate of drug-likeness (QED) is 0.376. The summed E-state index contributed by atoms with van der Waals surface area (Å²) in [6, 6.07) is 16.2. The third kappa shape index (κ3) is 3.92. The van der Waals surface area contributed by atoms with Crippen LogP contribution in [0.3, 0.4) is 0 Å². The molecule has 0 aliphatic heterocycles. The molecule has 0 aliphatic rings. The SMILES string of the molecule is COc1ccc(-[n+]2noc([O-])c2SC(C)C(=O)Nc2cccc3ncccc23)cc1. The Labute approximate surface area is 176 Å². The number of nitrogens with one attached hydrogen (secondary N) is 1. The van der Waals surface area contributed by atoms with Gasteiger partial charge in [-0.3, -0.25) is 9.78 Å². The van der Waals surface area contributed by atoms with Crippen molar-refractivity contribution < 1.29 is 23.8 Å². The number of ether oxygens (including phenoxy) is 1. The third-order valence-corrected chi connectivity index (χ3v) is 5.58. The van der Waals surface area contributed by atoms with E-state index in [9.17, 15) is 9.90 Å². The lowest BCUT2D eigenvalue weighted by molar-refractivity contribution is -0.705. The molecule has 152 valence electrons. The van der Waals surface area contributed by atoms with E-state index in [1.54, 1.807) is 44.5 Å². The number of methoxy groups -OCH3 is 1. The summed E-state index contributed by atoms with van der Waals surface area (Å²) in [7, 11) is 1.57. The number of pyridine rings is 1. The van der Waals surface area contributed by atoms with Crippen LogP contribution in [0.25, 0.3) is 16.6 Å². The van der Waals surface area contributed by atoms with E-state index >= 15 is 0 Å². The fourth-order valence-electron chi connectivity index (χ4n) is 2.89. The fraction of sp³-hybridized carbons (Fsp3) is 0.143. The summed E-state index contributed by atoms with van der Waals surface area (Å²) in [5.41, 5.74) is 2.07. The van der Waals surface area contributed by atoms with Gasteiger partial charge >= 0.3 is 0 Å². The highest BCUT2D eigenvalue weighted by Gasteiger charge is 2.27. The predicted molar refractivity (Wildman–Crippen MR) is 110 cm³/mol. The number of thioether (sulfide) groups is 1. The van der Waals surface area contributed by atoms with E-state index in [2.05, 4.69) is 15.6 Å². The first-order valence-corrected chi connectivity index (χ1v) is 9.99. The standard InChI is InChI=1S/C21H18N4O4S/c1-13(19(26)23-18-7-3-6-17-16(18)5-4-12-22-17)30-20-21(27)29-24-25(20)14-8-10-15(28-2)11-9-14/h3-13H,1-2H3,(H-,22,23,24,26,27). The third-order valence-electron chi connectivity index (χ3n) is 4.45. The number of aromatic nitrogens is 3. The number of carbonyl (C=O) groups is 1. The number of rotatable bonds is 6. The Bertz CT molecular complexity index is 1190. The van der Waals surface area contributed by atoms with Crippen molar-refractivity contribution in [1.82, 2.24) is 10.3 Å². The van der Waals surface area contributed by atoms with Gasteiger partial charge in [0, 0.05) is 23.7 Å². The Balaban J connectivity index is 1.54. The number of hydrogen-bond donors (Lipinski definition) is 1. The van der Waals surface area contributed by atoms with Crippen LogP contribution in [0.5, 0.6) is 11.7 Å². The number of carbonyl (C=O) groups excluding carboxylic acids is 1. The second kappa shape index (κ2) is 8.42. The van der Waals surface area contributed by atoms with Gasteiger partial charge in [-0.25, -0.2) is 0 Å². The Hall–Kier alpha value is -3.59. The number of hydrogen-bond acceptors (Lipinski definition) is 7. The number of benzene rings is 2. The first-order chi connectivity index (χ1) is 14.6. The van der Waals surface area contributed by atoms with Crippen molar-refractivity contribution in [3.63, 3.8) is 0 Å². The average molecular weight is 422 g/mol. The van der Waals surface area contributed by atoms with Gasteiger partial charge < -0.3 is 19.7 Å². The van der Waals surface area contributed by atoms with Crippen LogP contribution in [0.4, 0.5) is 5.69 Å². The van der Waals surface area contributed by atoms with Gasteiger partial charge in [-0.2, -0.15) is 0 Å². The fourth-order valence-corrected chi connectivity index (χ4v) is 3.77. The van der Waals surface area contributed by atoms with Crippen LogP contribution in [0.2, 0.25) is 0 Å². The number of amides is 1. The van der Waals surface area contributed by atoms with Crippen LogP contribution in [0.15, 0.2) is 70.3 Å². The number of nitrogens with zero attached hydrogens (tertiary/aromatic N) is 3. The molecule has 0 bridgehead atoms. The molecule has 1 atom stereocenters.